The first kappa shape index (κ1) is 9.78. The van der Waals surface area contributed by atoms with Crippen molar-refractivity contribution in [1.29, 1.82) is 0 Å². The maximum Gasteiger partial charge on any atom is 0.105 e. The molecule has 1 N–H and O–H groups in total. The third kappa shape index (κ3) is 2.61. The van der Waals surface area contributed by atoms with Crippen LogP contribution in [0.5, 0.6) is 0 Å². The van der Waals surface area contributed by atoms with E-state index in [1.807, 2.05) is 12.1 Å². The van der Waals surface area contributed by atoms with Gasteiger partial charge in [0.25, 0.3) is 0 Å². The van der Waals surface area contributed by atoms with Crippen molar-refractivity contribution in [3.05, 3.63) is 24.2 Å². The molecule has 1 aromatic heterocycles. The van der Waals surface area contributed by atoms with Gasteiger partial charge in [-0.15, -0.1) is 0 Å². The average molecular weight is 193 g/mol. The van der Waals surface area contributed by atoms with Crippen molar-refractivity contribution in [2.45, 2.75) is 38.6 Å². The van der Waals surface area contributed by atoms with Crippen molar-refractivity contribution < 1.29 is 4.42 Å². The van der Waals surface area contributed by atoms with Crippen molar-refractivity contribution >= 4 is 0 Å². The van der Waals surface area contributed by atoms with Gasteiger partial charge in [0, 0.05) is 19.0 Å². The second-order valence-corrected chi connectivity index (χ2v) is 4.14. The maximum absolute atomic E-state index is 5.29. The predicted octanol–water partition coefficient (Wildman–Crippen LogP) is 2.60. The molecule has 2 heteroatoms. The van der Waals surface area contributed by atoms with Gasteiger partial charge >= 0.3 is 0 Å². The van der Waals surface area contributed by atoms with E-state index >= 15 is 0 Å². The molecule has 14 heavy (non-hydrogen) atoms. The van der Waals surface area contributed by atoms with E-state index in [4.69, 9.17) is 4.42 Å². The Hall–Kier alpha value is -0.760. The second kappa shape index (κ2) is 4.65. The van der Waals surface area contributed by atoms with Crippen molar-refractivity contribution in [2.24, 2.45) is 5.92 Å². The predicted molar refractivity (Wildman–Crippen MR) is 57.2 cm³/mol. The Morgan fingerprint density at radius 2 is 2.43 bits per heavy atom. The summed E-state index contributed by atoms with van der Waals surface area (Å²) in [5, 5.41) is 3.61. The first-order chi connectivity index (χ1) is 6.90. The monoisotopic (exact) mass is 193 g/mol. The summed E-state index contributed by atoms with van der Waals surface area (Å²) < 4.78 is 5.29. The van der Waals surface area contributed by atoms with Gasteiger partial charge in [-0.25, -0.2) is 0 Å². The molecule has 78 valence electrons. The largest absolute Gasteiger partial charge is 0.469 e. The summed E-state index contributed by atoms with van der Waals surface area (Å²) >= 11 is 0. The highest BCUT2D eigenvalue weighted by molar-refractivity contribution is 4.98. The zero-order valence-corrected chi connectivity index (χ0v) is 8.83. The molecule has 0 radical (unpaired) electrons. The van der Waals surface area contributed by atoms with Crippen LogP contribution in [0.1, 0.15) is 31.9 Å². The molecule has 1 aromatic rings. The molecule has 1 heterocycles. The Labute approximate surface area is 85.7 Å². The quantitative estimate of drug-likeness (QED) is 0.751. The number of rotatable bonds is 6. The molecule has 0 spiro atoms. The van der Waals surface area contributed by atoms with Gasteiger partial charge in [0.05, 0.1) is 6.26 Å². The Balaban J connectivity index is 1.66. The molecule has 1 atom stereocenters. The summed E-state index contributed by atoms with van der Waals surface area (Å²) in [6.07, 6.45) is 6.85. The normalized spacial score (nSPS) is 18.4. The lowest BCUT2D eigenvalue weighted by Gasteiger charge is -2.15. The average Bonchev–Trinajstić information content (AvgIpc) is 2.91. The molecule has 0 saturated heterocycles. The molecule has 0 bridgehead atoms. The van der Waals surface area contributed by atoms with Crippen LogP contribution < -0.4 is 5.32 Å². The standard InChI is InChI=1S/C12H19NO/c1-2-12(10-5-6-10)13-8-7-11-4-3-9-14-11/h3-4,9-10,12-13H,2,5-8H2,1H3. The van der Waals surface area contributed by atoms with E-state index in [2.05, 4.69) is 12.2 Å². The Morgan fingerprint density at radius 1 is 1.57 bits per heavy atom. The van der Waals surface area contributed by atoms with Gasteiger partial charge in [0.15, 0.2) is 0 Å². The maximum atomic E-state index is 5.29. The zero-order valence-electron chi connectivity index (χ0n) is 8.83. The highest BCUT2D eigenvalue weighted by Gasteiger charge is 2.29. The van der Waals surface area contributed by atoms with Gasteiger partial charge in [-0.3, -0.25) is 0 Å². The van der Waals surface area contributed by atoms with Crippen LogP contribution in [-0.4, -0.2) is 12.6 Å². The third-order valence-corrected chi connectivity index (χ3v) is 2.99. The second-order valence-electron chi connectivity index (χ2n) is 4.14. The number of hydrogen-bond donors (Lipinski definition) is 1. The van der Waals surface area contributed by atoms with Gasteiger partial charge in [-0.1, -0.05) is 6.92 Å². The SMILES string of the molecule is CCC(NCCc1ccco1)C1CC1. The van der Waals surface area contributed by atoms with Crippen molar-refractivity contribution in [3.63, 3.8) is 0 Å². The zero-order chi connectivity index (χ0) is 9.80. The first-order valence-corrected chi connectivity index (χ1v) is 5.66. The third-order valence-electron chi connectivity index (χ3n) is 2.99. The minimum Gasteiger partial charge on any atom is -0.469 e. The molecular weight excluding hydrogens is 174 g/mol. The van der Waals surface area contributed by atoms with Crippen LogP contribution in [0.25, 0.3) is 0 Å². The molecule has 0 aliphatic heterocycles. The van der Waals surface area contributed by atoms with Crippen molar-refractivity contribution in [2.75, 3.05) is 6.54 Å². The van der Waals surface area contributed by atoms with Gasteiger partial charge in [0.1, 0.15) is 5.76 Å². The van der Waals surface area contributed by atoms with E-state index in [-0.39, 0.29) is 0 Å². The minimum absolute atomic E-state index is 0.741. The van der Waals surface area contributed by atoms with E-state index in [9.17, 15) is 0 Å². The molecule has 2 rings (SSSR count). The van der Waals surface area contributed by atoms with Crippen LogP contribution in [0.4, 0.5) is 0 Å². The van der Waals surface area contributed by atoms with Crippen molar-refractivity contribution in [3.8, 4) is 0 Å². The van der Waals surface area contributed by atoms with Crippen LogP contribution in [-0.2, 0) is 6.42 Å². The van der Waals surface area contributed by atoms with Gasteiger partial charge in [-0.2, -0.15) is 0 Å². The first-order valence-electron chi connectivity index (χ1n) is 5.66. The molecule has 1 unspecified atom stereocenters. The van der Waals surface area contributed by atoms with Crippen LogP contribution in [0.15, 0.2) is 22.8 Å². The molecule has 2 nitrogen and oxygen atoms in total. The number of furan rings is 1. The molecule has 1 saturated carbocycles. The number of hydrogen-bond acceptors (Lipinski definition) is 2. The van der Waals surface area contributed by atoms with E-state index in [1.54, 1.807) is 6.26 Å². The lowest BCUT2D eigenvalue weighted by molar-refractivity contribution is 0.434. The lowest BCUT2D eigenvalue weighted by atomic mass is 10.1. The van der Waals surface area contributed by atoms with E-state index in [1.165, 1.54) is 19.3 Å². The smallest absolute Gasteiger partial charge is 0.105 e. The van der Waals surface area contributed by atoms with Crippen LogP contribution in [0.3, 0.4) is 0 Å². The highest BCUT2D eigenvalue weighted by atomic mass is 16.3. The van der Waals surface area contributed by atoms with Crippen LogP contribution in [0, 0.1) is 5.92 Å². The van der Waals surface area contributed by atoms with E-state index in [0.717, 1.165) is 30.7 Å². The van der Waals surface area contributed by atoms with Crippen molar-refractivity contribution in [1.82, 2.24) is 5.32 Å². The minimum atomic E-state index is 0.741. The van der Waals surface area contributed by atoms with Gasteiger partial charge in [-0.05, 0) is 37.3 Å². The van der Waals surface area contributed by atoms with E-state index < -0.39 is 0 Å². The fourth-order valence-corrected chi connectivity index (χ4v) is 1.98. The van der Waals surface area contributed by atoms with Gasteiger partial charge in [0.2, 0.25) is 0 Å². The summed E-state index contributed by atoms with van der Waals surface area (Å²) in [7, 11) is 0. The van der Waals surface area contributed by atoms with Gasteiger partial charge < -0.3 is 9.73 Å². The summed E-state index contributed by atoms with van der Waals surface area (Å²) in [6.45, 7) is 3.31. The molecule has 0 amide bonds. The Morgan fingerprint density at radius 3 is 3.00 bits per heavy atom. The molecule has 1 aliphatic rings. The Bertz CT molecular complexity index is 251. The Kier molecular flexibility index (Phi) is 3.25. The number of nitrogens with one attached hydrogen (secondary N) is 1. The molecular formula is C12H19NO. The summed E-state index contributed by atoms with van der Waals surface area (Å²) in [4.78, 5) is 0. The van der Waals surface area contributed by atoms with E-state index in [0.29, 0.717) is 0 Å². The summed E-state index contributed by atoms with van der Waals surface area (Å²) in [6, 6.07) is 4.73. The fraction of sp³-hybridized carbons (Fsp3) is 0.667. The van der Waals surface area contributed by atoms with Crippen LogP contribution in [0.2, 0.25) is 0 Å². The highest BCUT2D eigenvalue weighted by Crippen LogP contribution is 2.33. The van der Waals surface area contributed by atoms with Crippen LogP contribution >= 0.6 is 0 Å². The lowest BCUT2D eigenvalue weighted by Crippen LogP contribution is -2.31. The molecule has 1 fully saturated rings. The molecule has 1 aliphatic carbocycles. The fourth-order valence-electron chi connectivity index (χ4n) is 1.98. The molecule has 0 aromatic carbocycles. The topological polar surface area (TPSA) is 25.2 Å². The summed E-state index contributed by atoms with van der Waals surface area (Å²) in [5.41, 5.74) is 0. The summed E-state index contributed by atoms with van der Waals surface area (Å²) in [5.74, 6) is 2.04.